The van der Waals surface area contributed by atoms with Gasteiger partial charge in [0.1, 0.15) is 11.6 Å². The average molecular weight is 428 g/mol. The molecule has 1 fully saturated rings. The number of carbonyl (C=O) groups is 1. The molecule has 1 saturated heterocycles. The van der Waals surface area contributed by atoms with Gasteiger partial charge in [0.2, 0.25) is 0 Å². The van der Waals surface area contributed by atoms with E-state index in [1.54, 1.807) is 25.3 Å². The number of carbonyl (C=O) groups excluding carboxylic acids is 1. The van der Waals surface area contributed by atoms with Crippen LogP contribution in [0, 0.1) is 5.82 Å². The highest BCUT2D eigenvalue weighted by molar-refractivity contribution is 6.04. The van der Waals surface area contributed by atoms with Crippen LogP contribution in [0.2, 0.25) is 0 Å². The van der Waals surface area contributed by atoms with Gasteiger partial charge in [-0.15, -0.1) is 0 Å². The van der Waals surface area contributed by atoms with Gasteiger partial charge in [-0.3, -0.25) is 4.79 Å². The second kappa shape index (κ2) is 12.1. The van der Waals surface area contributed by atoms with Crippen molar-refractivity contribution in [3.63, 3.8) is 0 Å². The Balaban J connectivity index is 0.00000166. The van der Waals surface area contributed by atoms with Crippen molar-refractivity contribution in [3.8, 4) is 5.75 Å². The van der Waals surface area contributed by atoms with Crippen molar-refractivity contribution in [1.82, 2.24) is 5.32 Å². The molecular weight excluding hydrogens is 393 g/mol. The van der Waals surface area contributed by atoms with Gasteiger partial charge in [-0.2, -0.15) is 0 Å². The Kier molecular flexibility index (Phi) is 9.53. The molecular formula is C25H34FN3O2. The summed E-state index contributed by atoms with van der Waals surface area (Å²) >= 11 is 0. The van der Waals surface area contributed by atoms with Crippen molar-refractivity contribution < 1.29 is 13.9 Å². The molecule has 2 N–H and O–H groups in total. The molecule has 2 aromatic carbocycles. The zero-order chi connectivity index (χ0) is 22.8. The van der Waals surface area contributed by atoms with E-state index in [0.29, 0.717) is 17.1 Å². The van der Waals surface area contributed by atoms with Crippen LogP contribution in [-0.2, 0) is 0 Å². The molecule has 1 aliphatic rings. The molecule has 1 amide bonds. The fourth-order valence-electron chi connectivity index (χ4n) is 3.60. The van der Waals surface area contributed by atoms with Gasteiger partial charge in [0.15, 0.2) is 0 Å². The minimum Gasteiger partial charge on any atom is -0.496 e. The minimum atomic E-state index is -0.381. The number of halogens is 1. The highest BCUT2D eigenvalue weighted by Gasteiger charge is 2.17. The number of hydrogen-bond donors (Lipinski definition) is 2. The number of anilines is 2. The SMILES string of the molecule is C/C=C(\CC)c1ccc(NC(=O)c2ccc(N3CCNCC3)c(F)c2)cc1OC.CC. The molecule has 0 radical (unpaired) electrons. The molecule has 0 aromatic heterocycles. The quantitative estimate of drug-likeness (QED) is 0.654. The first-order valence-electron chi connectivity index (χ1n) is 11.0. The Hall–Kier alpha value is -2.86. The molecule has 31 heavy (non-hydrogen) atoms. The van der Waals surface area contributed by atoms with E-state index in [1.807, 2.05) is 37.8 Å². The highest BCUT2D eigenvalue weighted by atomic mass is 19.1. The smallest absolute Gasteiger partial charge is 0.255 e. The summed E-state index contributed by atoms with van der Waals surface area (Å²) in [6, 6.07) is 10.2. The topological polar surface area (TPSA) is 53.6 Å². The molecule has 3 rings (SSSR count). The normalized spacial score (nSPS) is 13.9. The van der Waals surface area contributed by atoms with Gasteiger partial charge >= 0.3 is 0 Å². The molecule has 2 aromatic rings. The van der Waals surface area contributed by atoms with Crippen LogP contribution in [-0.4, -0.2) is 39.2 Å². The third-order valence-electron chi connectivity index (χ3n) is 5.20. The Morgan fingerprint density at radius 1 is 1.19 bits per heavy atom. The Morgan fingerprint density at radius 3 is 2.48 bits per heavy atom. The molecule has 0 aliphatic carbocycles. The van der Waals surface area contributed by atoms with Crippen LogP contribution in [0.15, 0.2) is 42.5 Å². The monoisotopic (exact) mass is 427 g/mol. The third-order valence-corrected chi connectivity index (χ3v) is 5.20. The van der Waals surface area contributed by atoms with E-state index in [-0.39, 0.29) is 17.3 Å². The van der Waals surface area contributed by atoms with Gasteiger partial charge < -0.3 is 20.3 Å². The number of hydrogen-bond acceptors (Lipinski definition) is 4. The largest absolute Gasteiger partial charge is 0.496 e. The van der Waals surface area contributed by atoms with Crippen LogP contribution < -0.4 is 20.3 Å². The fraction of sp³-hybridized carbons (Fsp3) is 0.400. The molecule has 0 unspecified atom stereocenters. The van der Waals surface area contributed by atoms with Crippen molar-refractivity contribution in [2.75, 3.05) is 43.5 Å². The van der Waals surface area contributed by atoms with Gasteiger partial charge in [0.05, 0.1) is 12.8 Å². The van der Waals surface area contributed by atoms with E-state index < -0.39 is 0 Å². The summed E-state index contributed by atoms with van der Waals surface area (Å²) in [5.41, 5.74) is 3.60. The maximum atomic E-state index is 14.6. The third kappa shape index (κ3) is 6.07. The first-order valence-corrected chi connectivity index (χ1v) is 11.0. The Labute approximate surface area is 185 Å². The van der Waals surface area contributed by atoms with Crippen LogP contribution in [0.1, 0.15) is 50.0 Å². The van der Waals surface area contributed by atoms with Crippen molar-refractivity contribution >= 4 is 22.9 Å². The standard InChI is InChI=1S/C23H28FN3O2.C2H6/c1-4-16(5-2)19-8-7-18(15-22(19)29-3)26-23(28)17-6-9-21(20(24)14-17)27-12-10-25-11-13-27;1-2/h4,6-9,14-15,25H,5,10-13H2,1-3H3,(H,26,28);1-2H3/b16-4+;. The van der Waals surface area contributed by atoms with Crippen LogP contribution in [0.4, 0.5) is 15.8 Å². The van der Waals surface area contributed by atoms with Crippen molar-refractivity contribution in [1.29, 1.82) is 0 Å². The summed E-state index contributed by atoms with van der Waals surface area (Å²) in [6.07, 6.45) is 2.94. The predicted molar refractivity (Wildman–Crippen MR) is 128 cm³/mol. The lowest BCUT2D eigenvalue weighted by Gasteiger charge is -2.29. The van der Waals surface area contributed by atoms with Gasteiger partial charge in [-0.05, 0) is 49.2 Å². The number of benzene rings is 2. The van der Waals surface area contributed by atoms with Crippen LogP contribution >= 0.6 is 0 Å². The molecule has 0 saturated carbocycles. The number of rotatable bonds is 6. The van der Waals surface area contributed by atoms with E-state index in [2.05, 4.69) is 23.6 Å². The van der Waals surface area contributed by atoms with Crippen molar-refractivity contribution in [3.05, 3.63) is 59.4 Å². The molecule has 1 aliphatic heterocycles. The number of nitrogens with zero attached hydrogens (tertiary/aromatic N) is 1. The van der Waals surface area contributed by atoms with E-state index in [0.717, 1.165) is 38.2 Å². The second-order valence-electron chi connectivity index (χ2n) is 6.94. The molecule has 1 heterocycles. The van der Waals surface area contributed by atoms with Gasteiger partial charge in [-0.25, -0.2) is 4.39 Å². The summed E-state index contributed by atoms with van der Waals surface area (Å²) in [7, 11) is 1.61. The number of methoxy groups -OCH3 is 1. The maximum absolute atomic E-state index is 14.6. The lowest BCUT2D eigenvalue weighted by atomic mass is 10.0. The van der Waals surface area contributed by atoms with Crippen molar-refractivity contribution in [2.24, 2.45) is 0 Å². The number of ether oxygens (including phenoxy) is 1. The fourth-order valence-corrected chi connectivity index (χ4v) is 3.60. The number of allylic oxidation sites excluding steroid dienone is 2. The summed E-state index contributed by atoms with van der Waals surface area (Å²) in [5, 5.41) is 6.08. The zero-order valence-corrected chi connectivity index (χ0v) is 19.2. The Morgan fingerprint density at radius 2 is 1.90 bits per heavy atom. The summed E-state index contributed by atoms with van der Waals surface area (Å²) in [6.45, 7) is 11.2. The summed E-state index contributed by atoms with van der Waals surface area (Å²) < 4.78 is 20.1. The van der Waals surface area contributed by atoms with E-state index in [4.69, 9.17) is 4.74 Å². The van der Waals surface area contributed by atoms with E-state index in [9.17, 15) is 9.18 Å². The first kappa shape index (κ1) is 24.4. The molecule has 0 bridgehead atoms. The van der Waals surface area contributed by atoms with Crippen molar-refractivity contribution in [2.45, 2.75) is 34.1 Å². The second-order valence-corrected chi connectivity index (χ2v) is 6.94. The molecule has 0 atom stereocenters. The lowest BCUT2D eigenvalue weighted by Crippen LogP contribution is -2.43. The van der Waals surface area contributed by atoms with Crippen LogP contribution in [0.25, 0.3) is 5.57 Å². The predicted octanol–water partition coefficient (Wildman–Crippen LogP) is 5.34. The number of piperazine rings is 1. The molecule has 6 heteroatoms. The van der Waals surface area contributed by atoms with E-state index in [1.165, 1.54) is 11.6 Å². The number of nitrogens with one attached hydrogen (secondary N) is 2. The lowest BCUT2D eigenvalue weighted by molar-refractivity contribution is 0.102. The minimum absolute atomic E-state index is 0.284. The zero-order valence-electron chi connectivity index (χ0n) is 19.2. The highest BCUT2D eigenvalue weighted by Crippen LogP contribution is 2.31. The molecule has 168 valence electrons. The first-order chi connectivity index (χ1) is 15.1. The van der Waals surface area contributed by atoms with Gasteiger partial charge in [0, 0.05) is 49.1 Å². The summed E-state index contributed by atoms with van der Waals surface area (Å²) in [4.78, 5) is 14.6. The Bertz CT molecular complexity index is 906. The van der Waals surface area contributed by atoms with E-state index >= 15 is 0 Å². The molecule has 0 spiro atoms. The maximum Gasteiger partial charge on any atom is 0.255 e. The van der Waals surface area contributed by atoms with Crippen LogP contribution in [0.3, 0.4) is 0 Å². The van der Waals surface area contributed by atoms with Gasteiger partial charge in [0.25, 0.3) is 5.91 Å². The summed E-state index contributed by atoms with van der Waals surface area (Å²) in [5.74, 6) is -0.0431. The molecule has 5 nitrogen and oxygen atoms in total. The van der Waals surface area contributed by atoms with Crippen LogP contribution in [0.5, 0.6) is 5.75 Å². The average Bonchev–Trinajstić information content (AvgIpc) is 2.82. The number of amides is 1. The van der Waals surface area contributed by atoms with Gasteiger partial charge in [-0.1, -0.05) is 26.8 Å².